The van der Waals surface area contributed by atoms with Crippen LogP contribution in [0.2, 0.25) is 0 Å². The smallest absolute Gasteiger partial charge is 0.248 e. The van der Waals surface area contributed by atoms with Gasteiger partial charge in [0.15, 0.2) is 0 Å². The number of carbonyl (C=O) groups is 2. The van der Waals surface area contributed by atoms with Crippen molar-refractivity contribution in [3.8, 4) is 0 Å². The molecule has 0 spiro atoms. The van der Waals surface area contributed by atoms with Crippen molar-refractivity contribution in [2.45, 2.75) is 37.8 Å². The van der Waals surface area contributed by atoms with Crippen molar-refractivity contribution < 1.29 is 14.3 Å². The van der Waals surface area contributed by atoms with E-state index in [9.17, 15) is 9.59 Å². The van der Waals surface area contributed by atoms with Gasteiger partial charge in [0.1, 0.15) is 6.61 Å². The quantitative estimate of drug-likeness (QED) is 0.721. The van der Waals surface area contributed by atoms with Gasteiger partial charge in [0.25, 0.3) is 0 Å². The minimum absolute atomic E-state index is 0.0202. The number of likely N-dealkylation sites (tertiary alicyclic amines) is 1. The van der Waals surface area contributed by atoms with Gasteiger partial charge in [-0.25, -0.2) is 0 Å². The average Bonchev–Trinajstić information content (AvgIpc) is 2.94. The van der Waals surface area contributed by atoms with Crippen LogP contribution in [-0.4, -0.2) is 62.1 Å². The Bertz CT molecular complexity index is 321. The first-order chi connectivity index (χ1) is 9.20. The Morgan fingerprint density at radius 3 is 2.63 bits per heavy atom. The number of nitrogens with one attached hydrogen (secondary N) is 2. The predicted octanol–water partition coefficient (Wildman–Crippen LogP) is -0.508. The lowest BCUT2D eigenvalue weighted by Crippen LogP contribution is -2.50. The minimum atomic E-state index is -0.0202. The molecule has 0 aromatic rings. The molecule has 0 unspecified atom stereocenters. The molecule has 0 bridgehead atoms. The van der Waals surface area contributed by atoms with E-state index in [1.54, 1.807) is 4.90 Å². The Balaban J connectivity index is 1.71. The predicted molar refractivity (Wildman–Crippen MR) is 70.6 cm³/mol. The molecule has 2 fully saturated rings. The molecule has 0 aromatic heterocycles. The number of rotatable bonds is 4. The van der Waals surface area contributed by atoms with Crippen LogP contribution in [0.15, 0.2) is 0 Å². The van der Waals surface area contributed by atoms with E-state index in [0.29, 0.717) is 13.1 Å². The zero-order valence-corrected chi connectivity index (χ0v) is 11.5. The van der Waals surface area contributed by atoms with E-state index in [0.717, 1.165) is 32.2 Å². The van der Waals surface area contributed by atoms with Gasteiger partial charge >= 0.3 is 0 Å². The largest absolute Gasteiger partial charge is 0.375 e. The number of hydrogen-bond donors (Lipinski definition) is 2. The number of amides is 2. The Hall–Kier alpha value is -1.14. The van der Waals surface area contributed by atoms with Crippen molar-refractivity contribution >= 4 is 11.8 Å². The Kier molecular flexibility index (Phi) is 5.15. The molecule has 108 valence electrons. The zero-order chi connectivity index (χ0) is 13.7. The van der Waals surface area contributed by atoms with Crippen LogP contribution in [0.25, 0.3) is 0 Å². The maximum absolute atomic E-state index is 12.0. The summed E-state index contributed by atoms with van der Waals surface area (Å²) in [5.41, 5.74) is 0. The molecular weight excluding hydrogens is 246 g/mol. The summed E-state index contributed by atoms with van der Waals surface area (Å²) in [5, 5.41) is 6.28. The first-order valence-corrected chi connectivity index (χ1v) is 7.01. The minimum Gasteiger partial charge on any atom is -0.375 e. The second kappa shape index (κ2) is 6.86. The van der Waals surface area contributed by atoms with E-state index in [1.807, 2.05) is 0 Å². The molecule has 0 saturated carbocycles. The molecule has 19 heavy (non-hydrogen) atoms. The molecular formula is C13H23N3O3. The highest BCUT2D eigenvalue weighted by molar-refractivity contribution is 5.82. The fraction of sp³-hybridized carbons (Fsp3) is 0.846. The molecule has 2 aliphatic heterocycles. The summed E-state index contributed by atoms with van der Waals surface area (Å²) in [7, 11) is 1.53. The maximum Gasteiger partial charge on any atom is 0.248 e. The number of ether oxygens (including phenoxy) is 1. The highest BCUT2D eigenvalue weighted by Gasteiger charge is 2.27. The van der Waals surface area contributed by atoms with Crippen LogP contribution < -0.4 is 10.6 Å². The second-order valence-electron chi connectivity index (χ2n) is 5.25. The monoisotopic (exact) mass is 269 g/mol. The van der Waals surface area contributed by atoms with Crippen molar-refractivity contribution in [2.24, 2.45) is 0 Å². The summed E-state index contributed by atoms with van der Waals surface area (Å²) >= 11 is 0. The lowest BCUT2D eigenvalue weighted by Gasteiger charge is -2.32. The molecule has 0 aromatic carbocycles. The number of carbonyl (C=O) groups excluding carboxylic acids is 2. The third-order valence-electron chi connectivity index (χ3n) is 3.84. The Morgan fingerprint density at radius 1 is 1.32 bits per heavy atom. The van der Waals surface area contributed by atoms with E-state index in [-0.39, 0.29) is 30.5 Å². The van der Waals surface area contributed by atoms with Gasteiger partial charge in [-0.1, -0.05) is 0 Å². The fourth-order valence-electron chi connectivity index (χ4n) is 2.70. The second-order valence-corrected chi connectivity index (χ2v) is 5.25. The lowest BCUT2D eigenvalue weighted by molar-refractivity contribution is -0.136. The normalized spacial score (nSPS) is 24.5. The molecule has 2 rings (SSSR count). The molecule has 2 N–H and O–H groups in total. The van der Waals surface area contributed by atoms with Crippen molar-refractivity contribution in [3.05, 3.63) is 0 Å². The number of piperidine rings is 1. The van der Waals surface area contributed by atoms with Gasteiger partial charge in [0.05, 0.1) is 6.04 Å². The number of methoxy groups -OCH3 is 1. The van der Waals surface area contributed by atoms with Crippen molar-refractivity contribution in [1.82, 2.24) is 15.5 Å². The van der Waals surface area contributed by atoms with E-state index in [4.69, 9.17) is 4.74 Å². The highest BCUT2D eigenvalue weighted by atomic mass is 16.5. The molecule has 0 aliphatic carbocycles. The first kappa shape index (κ1) is 14.3. The van der Waals surface area contributed by atoms with Crippen LogP contribution in [-0.2, 0) is 14.3 Å². The fourth-order valence-corrected chi connectivity index (χ4v) is 2.70. The molecule has 6 nitrogen and oxygen atoms in total. The number of nitrogens with zero attached hydrogens (tertiary/aromatic N) is 1. The highest BCUT2D eigenvalue weighted by Crippen LogP contribution is 2.12. The molecule has 2 amide bonds. The third-order valence-corrected chi connectivity index (χ3v) is 3.84. The summed E-state index contributed by atoms with van der Waals surface area (Å²) in [6, 6.07) is 0.176. The summed E-state index contributed by atoms with van der Waals surface area (Å²) in [5.74, 6) is 0.143. The average molecular weight is 269 g/mol. The van der Waals surface area contributed by atoms with Crippen LogP contribution >= 0.6 is 0 Å². The van der Waals surface area contributed by atoms with Crippen LogP contribution in [0, 0.1) is 0 Å². The van der Waals surface area contributed by atoms with E-state index in [1.165, 1.54) is 7.11 Å². The Morgan fingerprint density at radius 2 is 2.05 bits per heavy atom. The van der Waals surface area contributed by atoms with Gasteiger partial charge in [0.2, 0.25) is 11.8 Å². The van der Waals surface area contributed by atoms with Crippen LogP contribution in [0.1, 0.15) is 25.7 Å². The zero-order valence-electron chi connectivity index (χ0n) is 11.5. The van der Waals surface area contributed by atoms with Gasteiger partial charge in [-0.2, -0.15) is 0 Å². The molecule has 2 aliphatic rings. The Labute approximate surface area is 113 Å². The maximum atomic E-state index is 12.0. The van der Waals surface area contributed by atoms with Crippen molar-refractivity contribution in [2.75, 3.05) is 33.4 Å². The summed E-state index contributed by atoms with van der Waals surface area (Å²) < 4.78 is 4.85. The van der Waals surface area contributed by atoms with Gasteiger partial charge in [-0.3, -0.25) is 9.59 Å². The van der Waals surface area contributed by atoms with Crippen LogP contribution in [0.5, 0.6) is 0 Å². The van der Waals surface area contributed by atoms with Gasteiger partial charge in [-0.05, 0) is 32.2 Å². The van der Waals surface area contributed by atoms with Gasteiger partial charge < -0.3 is 20.3 Å². The van der Waals surface area contributed by atoms with E-state index >= 15 is 0 Å². The van der Waals surface area contributed by atoms with Crippen molar-refractivity contribution in [1.29, 1.82) is 0 Å². The number of hydrogen-bond acceptors (Lipinski definition) is 4. The molecule has 1 atom stereocenters. The molecule has 6 heteroatoms. The summed E-state index contributed by atoms with van der Waals surface area (Å²) in [4.78, 5) is 25.4. The SMILES string of the molecule is COCC(=O)N1CCC(NC(=O)[C@@H]2CCCN2)CC1. The topological polar surface area (TPSA) is 70.7 Å². The standard InChI is InChI=1S/C13H23N3O3/c1-19-9-12(17)16-7-4-10(5-8-16)15-13(18)11-3-2-6-14-11/h10-11,14H,2-9H2,1H3,(H,15,18)/t11-/m0/s1. The molecule has 2 heterocycles. The van der Waals surface area contributed by atoms with E-state index in [2.05, 4.69) is 10.6 Å². The van der Waals surface area contributed by atoms with Gasteiger partial charge in [0, 0.05) is 26.2 Å². The molecule has 0 radical (unpaired) electrons. The summed E-state index contributed by atoms with van der Waals surface area (Å²) in [6.07, 6.45) is 3.65. The van der Waals surface area contributed by atoms with E-state index < -0.39 is 0 Å². The van der Waals surface area contributed by atoms with Crippen LogP contribution in [0.3, 0.4) is 0 Å². The first-order valence-electron chi connectivity index (χ1n) is 7.01. The summed E-state index contributed by atoms with van der Waals surface area (Å²) in [6.45, 7) is 2.47. The third kappa shape index (κ3) is 3.91. The van der Waals surface area contributed by atoms with Crippen LogP contribution in [0.4, 0.5) is 0 Å². The van der Waals surface area contributed by atoms with Crippen molar-refractivity contribution in [3.63, 3.8) is 0 Å². The molecule has 2 saturated heterocycles. The lowest BCUT2D eigenvalue weighted by atomic mass is 10.0. The van der Waals surface area contributed by atoms with Gasteiger partial charge in [-0.15, -0.1) is 0 Å².